The number of methoxy groups -OCH3 is 5. The Morgan fingerprint density at radius 2 is 1.44 bits per heavy atom. The Labute approximate surface area is 188 Å². The van der Waals surface area contributed by atoms with Gasteiger partial charge in [-0.2, -0.15) is 0 Å². The van der Waals surface area contributed by atoms with Gasteiger partial charge in [-0.15, -0.1) is 0 Å². The number of aliphatic carboxylic acids is 1. The Kier molecular flexibility index (Phi) is 7.69. The van der Waals surface area contributed by atoms with Crippen molar-refractivity contribution in [3.8, 4) is 28.7 Å². The third kappa shape index (κ3) is 4.41. The van der Waals surface area contributed by atoms with Gasteiger partial charge in [0.25, 0.3) is 0 Å². The number of piperidine rings is 1. The SMILES string of the molecule is COc1cc(OC)c(C(c2c(OC)cccc2OC)N2CCCCC2C(=O)O)cc1OC. The zero-order valence-electron chi connectivity index (χ0n) is 19.2. The summed E-state index contributed by atoms with van der Waals surface area (Å²) in [5.41, 5.74) is 1.47. The van der Waals surface area contributed by atoms with E-state index in [-0.39, 0.29) is 0 Å². The highest BCUT2D eigenvalue weighted by atomic mass is 16.5. The maximum absolute atomic E-state index is 12.2. The zero-order chi connectivity index (χ0) is 23.3. The third-order valence-corrected chi connectivity index (χ3v) is 5.93. The number of hydrogen-bond donors (Lipinski definition) is 1. The summed E-state index contributed by atoms with van der Waals surface area (Å²) < 4.78 is 28.1. The van der Waals surface area contributed by atoms with Gasteiger partial charge < -0.3 is 28.8 Å². The van der Waals surface area contributed by atoms with Crippen LogP contribution in [0.4, 0.5) is 0 Å². The first kappa shape index (κ1) is 23.5. The number of carboxylic acids is 1. The van der Waals surface area contributed by atoms with Gasteiger partial charge in [-0.05, 0) is 37.6 Å². The average Bonchev–Trinajstić information content (AvgIpc) is 2.83. The largest absolute Gasteiger partial charge is 0.496 e. The van der Waals surface area contributed by atoms with Crippen LogP contribution in [0.1, 0.15) is 36.4 Å². The molecule has 8 heteroatoms. The maximum atomic E-state index is 12.2. The van der Waals surface area contributed by atoms with E-state index < -0.39 is 18.1 Å². The summed E-state index contributed by atoms with van der Waals surface area (Å²) in [6.45, 7) is 0.598. The van der Waals surface area contributed by atoms with Crippen LogP contribution in [0.2, 0.25) is 0 Å². The highest BCUT2D eigenvalue weighted by Gasteiger charge is 2.39. The molecule has 1 aliphatic rings. The Bertz CT molecular complexity index is 924. The number of carboxylic acid groups (broad SMARTS) is 1. The van der Waals surface area contributed by atoms with E-state index in [1.54, 1.807) is 41.6 Å². The number of hydrogen-bond acceptors (Lipinski definition) is 7. The van der Waals surface area contributed by atoms with E-state index in [9.17, 15) is 9.90 Å². The number of nitrogens with zero attached hydrogens (tertiary/aromatic N) is 1. The zero-order valence-corrected chi connectivity index (χ0v) is 19.2. The van der Waals surface area contributed by atoms with Crippen LogP contribution in [-0.2, 0) is 4.79 Å². The van der Waals surface area contributed by atoms with Crippen LogP contribution in [0.5, 0.6) is 28.7 Å². The molecule has 0 amide bonds. The minimum atomic E-state index is -0.858. The second-order valence-electron chi connectivity index (χ2n) is 7.52. The van der Waals surface area contributed by atoms with E-state index in [1.165, 1.54) is 0 Å². The molecular weight excluding hydrogens is 414 g/mol. The first-order valence-corrected chi connectivity index (χ1v) is 10.5. The van der Waals surface area contributed by atoms with Crippen LogP contribution >= 0.6 is 0 Å². The molecule has 0 saturated carbocycles. The predicted octanol–water partition coefficient (Wildman–Crippen LogP) is 3.76. The summed E-state index contributed by atoms with van der Waals surface area (Å²) in [5.74, 6) is 1.93. The summed E-state index contributed by atoms with van der Waals surface area (Å²) in [5, 5.41) is 10.0. The fourth-order valence-electron chi connectivity index (χ4n) is 4.44. The maximum Gasteiger partial charge on any atom is 0.320 e. The van der Waals surface area contributed by atoms with Crippen molar-refractivity contribution in [2.75, 3.05) is 42.1 Å². The van der Waals surface area contributed by atoms with E-state index in [0.29, 0.717) is 41.7 Å². The van der Waals surface area contributed by atoms with Gasteiger partial charge in [-0.1, -0.05) is 12.5 Å². The summed E-state index contributed by atoms with van der Waals surface area (Å²) in [6, 6.07) is 7.94. The van der Waals surface area contributed by atoms with Crippen LogP contribution in [0, 0.1) is 0 Å². The minimum absolute atomic E-state index is 0.516. The molecule has 1 fully saturated rings. The summed E-state index contributed by atoms with van der Waals surface area (Å²) >= 11 is 0. The summed E-state index contributed by atoms with van der Waals surface area (Å²) in [6.07, 6.45) is 2.29. The normalized spacial score (nSPS) is 17.3. The van der Waals surface area contributed by atoms with Crippen LogP contribution in [0.25, 0.3) is 0 Å². The van der Waals surface area contributed by atoms with Gasteiger partial charge in [-0.25, -0.2) is 0 Å². The lowest BCUT2D eigenvalue weighted by Gasteiger charge is -2.40. The van der Waals surface area contributed by atoms with Gasteiger partial charge in [0.1, 0.15) is 23.3 Å². The second-order valence-corrected chi connectivity index (χ2v) is 7.52. The Hall–Kier alpha value is -3.13. The molecule has 8 nitrogen and oxygen atoms in total. The van der Waals surface area contributed by atoms with Crippen molar-refractivity contribution in [2.45, 2.75) is 31.3 Å². The predicted molar refractivity (Wildman–Crippen MR) is 119 cm³/mol. The number of likely N-dealkylation sites (tertiary alicyclic amines) is 1. The molecular formula is C24H31NO7. The van der Waals surface area contributed by atoms with Crippen molar-refractivity contribution < 1.29 is 33.6 Å². The molecule has 1 aliphatic heterocycles. The molecule has 0 aliphatic carbocycles. The van der Waals surface area contributed by atoms with E-state index in [4.69, 9.17) is 23.7 Å². The van der Waals surface area contributed by atoms with Crippen LogP contribution in [-0.4, -0.2) is 64.1 Å². The lowest BCUT2D eigenvalue weighted by atomic mass is 9.89. The number of ether oxygens (including phenoxy) is 5. The molecule has 2 unspecified atom stereocenters. The van der Waals surface area contributed by atoms with Crippen LogP contribution in [0.15, 0.2) is 30.3 Å². The van der Waals surface area contributed by atoms with Crippen LogP contribution < -0.4 is 23.7 Å². The number of rotatable bonds is 9. The van der Waals surface area contributed by atoms with Gasteiger partial charge in [0.2, 0.25) is 0 Å². The highest BCUT2D eigenvalue weighted by Crippen LogP contribution is 2.48. The van der Waals surface area contributed by atoms with E-state index in [0.717, 1.165) is 24.0 Å². The first-order chi connectivity index (χ1) is 15.5. The van der Waals surface area contributed by atoms with E-state index >= 15 is 0 Å². The molecule has 0 spiro atoms. The second kappa shape index (κ2) is 10.5. The number of benzene rings is 2. The molecule has 0 radical (unpaired) electrons. The van der Waals surface area contributed by atoms with E-state index in [1.807, 2.05) is 29.2 Å². The molecule has 1 heterocycles. The lowest BCUT2D eigenvalue weighted by Crippen LogP contribution is -2.47. The fraction of sp³-hybridized carbons (Fsp3) is 0.458. The number of carbonyl (C=O) groups is 1. The molecule has 2 atom stereocenters. The Balaban J connectivity index is 2.34. The molecule has 2 aromatic rings. The molecule has 1 N–H and O–H groups in total. The summed E-state index contributed by atoms with van der Waals surface area (Å²) in [7, 11) is 7.88. The summed E-state index contributed by atoms with van der Waals surface area (Å²) in [4.78, 5) is 14.2. The average molecular weight is 446 g/mol. The Morgan fingerprint density at radius 1 is 0.875 bits per heavy atom. The molecule has 174 valence electrons. The van der Waals surface area contributed by atoms with Gasteiger partial charge in [0.05, 0.1) is 47.2 Å². The van der Waals surface area contributed by atoms with E-state index in [2.05, 4.69) is 0 Å². The first-order valence-electron chi connectivity index (χ1n) is 10.5. The van der Waals surface area contributed by atoms with Gasteiger partial charge >= 0.3 is 5.97 Å². The van der Waals surface area contributed by atoms with Gasteiger partial charge in [-0.3, -0.25) is 9.69 Å². The third-order valence-electron chi connectivity index (χ3n) is 5.93. The quantitative estimate of drug-likeness (QED) is 0.624. The van der Waals surface area contributed by atoms with Crippen molar-refractivity contribution >= 4 is 5.97 Å². The molecule has 0 bridgehead atoms. The minimum Gasteiger partial charge on any atom is -0.496 e. The lowest BCUT2D eigenvalue weighted by molar-refractivity contribution is -0.145. The molecule has 3 rings (SSSR count). The van der Waals surface area contributed by atoms with Crippen molar-refractivity contribution in [1.29, 1.82) is 0 Å². The molecule has 1 saturated heterocycles. The molecule has 32 heavy (non-hydrogen) atoms. The highest BCUT2D eigenvalue weighted by molar-refractivity contribution is 5.74. The van der Waals surface area contributed by atoms with Crippen molar-refractivity contribution in [1.82, 2.24) is 4.90 Å². The van der Waals surface area contributed by atoms with Gasteiger partial charge in [0, 0.05) is 11.6 Å². The monoisotopic (exact) mass is 445 g/mol. The molecule has 2 aromatic carbocycles. The van der Waals surface area contributed by atoms with Crippen molar-refractivity contribution in [3.05, 3.63) is 41.5 Å². The Morgan fingerprint density at radius 3 is 1.97 bits per heavy atom. The fourth-order valence-corrected chi connectivity index (χ4v) is 4.44. The molecule has 0 aromatic heterocycles. The van der Waals surface area contributed by atoms with Gasteiger partial charge in [0.15, 0.2) is 11.5 Å². The van der Waals surface area contributed by atoms with Crippen molar-refractivity contribution in [2.24, 2.45) is 0 Å². The van der Waals surface area contributed by atoms with Crippen LogP contribution in [0.3, 0.4) is 0 Å². The standard InChI is InChI=1S/C24H31NO7/c1-28-17-10-8-11-18(29-2)22(17)23(25-12-7-6-9-16(25)24(26)27)15-13-20(31-4)21(32-5)14-19(15)30-3/h8,10-11,13-14,16,23H,6-7,9,12H2,1-5H3,(H,26,27). The topological polar surface area (TPSA) is 86.7 Å². The smallest absolute Gasteiger partial charge is 0.320 e. The van der Waals surface area contributed by atoms with Crippen molar-refractivity contribution in [3.63, 3.8) is 0 Å².